The summed E-state index contributed by atoms with van der Waals surface area (Å²) in [5, 5.41) is 5.44. The number of ether oxygens (including phenoxy) is 1. The Labute approximate surface area is 187 Å². The first-order chi connectivity index (χ1) is 15.3. The number of piperidine rings is 1. The van der Waals surface area contributed by atoms with Gasteiger partial charge in [-0.3, -0.25) is 4.79 Å². The van der Waals surface area contributed by atoms with E-state index in [1.807, 2.05) is 13.8 Å². The zero-order valence-electron chi connectivity index (χ0n) is 18.7. The molecule has 0 saturated carbocycles. The molecule has 174 valence electrons. The molecule has 0 bridgehead atoms. The van der Waals surface area contributed by atoms with Crippen molar-refractivity contribution >= 4 is 23.0 Å². The van der Waals surface area contributed by atoms with Gasteiger partial charge >= 0.3 is 6.09 Å². The number of amides is 2. The Kier molecular flexibility index (Phi) is 8.08. The Morgan fingerprint density at radius 2 is 2.03 bits per heavy atom. The van der Waals surface area contributed by atoms with Gasteiger partial charge in [0, 0.05) is 25.2 Å². The minimum Gasteiger partial charge on any atom is -0.449 e. The number of hydrogen-bond acceptors (Lipinski definition) is 5. The summed E-state index contributed by atoms with van der Waals surface area (Å²) in [5.41, 5.74) is 1.58. The van der Waals surface area contributed by atoms with E-state index < -0.39 is 18.0 Å². The highest BCUT2D eigenvalue weighted by molar-refractivity contribution is 5.86. The average Bonchev–Trinajstić information content (AvgIpc) is 3.20. The van der Waals surface area contributed by atoms with Crippen LogP contribution in [0, 0.1) is 11.7 Å². The molecule has 0 aliphatic carbocycles. The Morgan fingerprint density at radius 3 is 2.72 bits per heavy atom. The fraction of sp³-hybridized carbons (Fsp3) is 0.522. The Morgan fingerprint density at radius 1 is 1.28 bits per heavy atom. The number of halogens is 1. The number of carbonyl (C=O) groups is 2. The van der Waals surface area contributed by atoms with Crippen molar-refractivity contribution in [2.45, 2.75) is 52.1 Å². The maximum atomic E-state index is 13.9. The molecule has 1 saturated heterocycles. The molecule has 1 fully saturated rings. The quantitative estimate of drug-likeness (QED) is 0.549. The van der Waals surface area contributed by atoms with E-state index in [0.717, 1.165) is 31.6 Å². The summed E-state index contributed by atoms with van der Waals surface area (Å²) in [6.45, 7) is 10.1. The Balaban J connectivity index is 1.64. The highest BCUT2D eigenvalue weighted by Gasteiger charge is 2.25. The third-order valence-corrected chi connectivity index (χ3v) is 5.34. The van der Waals surface area contributed by atoms with Crippen molar-refractivity contribution in [3.05, 3.63) is 42.1 Å². The van der Waals surface area contributed by atoms with Gasteiger partial charge in [0.15, 0.2) is 5.82 Å². The van der Waals surface area contributed by atoms with Crippen LogP contribution < -0.4 is 10.6 Å². The number of rotatable bonds is 9. The molecule has 1 aromatic heterocycles. The second kappa shape index (κ2) is 11.0. The third kappa shape index (κ3) is 6.45. The van der Waals surface area contributed by atoms with E-state index in [0.29, 0.717) is 11.3 Å². The molecule has 8 nitrogen and oxygen atoms in total. The summed E-state index contributed by atoms with van der Waals surface area (Å²) < 4.78 is 19.1. The first-order valence-electron chi connectivity index (χ1n) is 11.1. The van der Waals surface area contributed by atoms with Crippen LogP contribution in [0.1, 0.15) is 45.4 Å². The van der Waals surface area contributed by atoms with Crippen molar-refractivity contribution in [3.8, 4) is 0 Å². The van der Waals surface area contributed by atoms with E-state index in [1.165, 1.54) is 12.5 Å². The zero-order valence-corrected chi connectivity index (χ0v) is 18.7. The Bertz CT molecular complexity index is 952. The van der Waals surface area contributed by atoms with E-state index in [-0.39, 0.29) is 36.9 Å². The van der Waals surface area contributed by atoms with Gasteiger partial charge in [-0.1, -0.05) is 26.5 Å². The number of aromatic nitrogens is 2. The minimum atomic E-state index is -0.842. The zero-order chi connectivity index (χ0) is 23.1. The van der Waals surface area contributed by atoms with Crippen molar-refractivity contribution in [1.29, 1.82) is 0 Å². The van der Waals surface area contributed by atoms with Gasteiger partial charge in [-0.25, -0.2) is 14.2 Å². The second-order valence-corrected chi connectivity index (χ2v) is 8.54. The smallest absolute Gasteiger partial charge is 0.407 e. The maximum absolute atomic E-state index is 13.9. The first-order valence-corrected chi connectivity index (χ1v) is 11.1. The number of benzene rings is 1. The molecule has 0 radical (unpaired) electrons. The third-order valence-electron chi connectivity index (χ3n) is 5.34. The minimum absolute atomic E-state index is 0.0718. The van der Waals surface area contributed by atoms with E-state index in [9.17, 15) is 14.0 Å². The highest BCUT2D eigenvalue weighted by atomic mass is 19.1. The lowest BCUT2D eigenvalue weighted by molar-refractivity contribution is -0.123. The molecule has 0 spiro atoms. The predicted octanol–water partition coefficient (Wildman–Crippen LogP) is 3.46. The summed E-state index contributed by atoms with van der Waals surface area (Å²) in [4.78, 5) is 34.5. The van der Waals surface area contributed by atoms with Crippen LogP contribution in [0.5, 0.6) is 0 Å². The number of likely N-dealkylation sites (tertiary alicyclic amines) is 1. The van der Waals surface area contributed by atoms with E-state index in [2.05, 4.69) is 32.1 Å². The van der Waals surface area contributed by atoms with Gasteiger partial charge < -0.3 is 25.3 Å². The van der Waals surface area contributed by atoms with Crippen LogP contribution in [0.3, 0.4) is 0 Å². The van der Waals surface area contributed by atoms with Gasteiger partial charge in [-0.15, -0.1) is 0 Å². The lowest BCUT2D eigenvalue weighted by Crippen LogP contribution is -2.48. The molecule has 3 N–H and O–H groups in total. The molecule has 9 heteroatoms. The number of carbonyl (C=O) groups excluding carboxylic acids is 2. The van der Waals surface area contributed by atoms with Gasteiger partial charge in [0.1, 0.15) is 17.4 Å². The molecule has 0 unspecified atom stereocenters. The number of fused-ring (bicyclic) bond motifs is 1. The fourth-order valence-electron chi connectivity index (χ4n) is 3.64. The molecule has 1 aliphatic heterocycles. The molecule has 1 aliphatic rings. The molecular formula is C23H32FN5O3. The van der Waals surface area contributed by atoms with Crippen LogP contribution in [-0.2, 0) is 16.1 Å². The van der Waals surface area contributed by atoms with Gasteiger partial charge in [-0.05, 0) is 37.3 Å². The summed E-state index contributed by atoms with van der Waals surface area (Å²) in [5.74, 6) is -0.202. The van der Waals surface area contributed by atoms with Gasteiger partial charge in [-0.2, -0.15) is 0 Å². The van der Waals surface area contributed by atoms with E-state index in [1.54, 1.807) is 12.1 Å². The molecule has 32 heavy (non-hydrogen) atoms. The number of hydrogen-bond donors (Lipinski definition) is 3. The summed E-state index contributed by atoms with van der Waals surface area (Å²) in [7, 11) is 0. The van der Waals surface area contributed by atoms with Crippen LogP contribution in [0.4, 0.5) is 9.18 Å². The monoisotopic (exact) mass is 445 g/mol. The fourth-order valence-corrected chi connectivity index (χ4v) is 3.64. The van der Waals surface area contributed by atoms with Crippen LogP contribution in [0.15, 0.2) is 30.5 Å². The molecule has 1 aromatic carbocycles. The second-order valence-electron chi connectivity index (χ2n) is 8.54. The number of aromatic amines is 1. The van der Waals surface area contributed by atoms with Crippen molar-refractivity contribution < 1.29 is 18.7 Å². The molecular weight excluding hydrogens is 413 g/mol. The standard InChI is InChI=1S/C23H32FN5O3/c1-15(2)14-32-23(31)27-19(12-16(3)29-10-5-4-6-11-29)22(30)25-13-20-26-18-9-7-8-17(24)21(18)28-20/h7-9,15,19H,3-6,10-14H2,1-2H3,(H,25,30)(H,26,28)(H,27,31)/t19-/m0/s1. The lowest BCUT2D eigenvalue weighted by atomic mass is 10.1. The largest absolute Gasteiger partial charge is 0.449 e. The van der Waals surface area contributed by atoms with Crippen molar-refractivity contribution in [2.75, 3.05) is 19.7 Å². The average molecular weight is 446 g/mol. The first kappa shape index (κ1) is 23.6. The van der Waals surface area contributed by atoms with E-state index >= 15 is 0 Å². The predicted molar refractivity (Wildman–Crippen MR) is 120 cm³/mol. The highest BCUT2D eigenvalue weighted by Crippen LogP contribution is 2.18. The molecule has 3 rings (SSSR count). The number of nitrogens with zero attached hydrogens (tertiary/aromatic N) is 2. The van der Waals surface area contributed by atoms with Gasteiger partial charge in [0.25, 0.3) is 0 Å². The Hall–Kier alpha value is -3.10. The molecule has 1 atom stereocenters. The van der Waals surface area contributed by atoms with Crippen molar-refractivity contribution in [2.24, 2.45) is 5.92 Å². The summed E-state index contributed by atoms with van der Waals surface area (Å²) in [6, 6.07) is 3.80. The maximum Gasteiger partial charge on any atom is 0.407 e. The number of alkyl carbamates (subject to hydrolysis) is 1. The normalized spacial score (nSPS) is 14.9. The molecule has 2 amide bonds. The van der Waals surface area contributed by atoms with Crippen LogP contribution >= 0.6 is 0 Å². The SMILES string of the molecule is C=C(C[C@H](NC(=O)OCC(C)C)C(=O)NCc1nc2c(F)cccc2[nH]1)N1CCCCC1. The van der Waals surface area contributed by atoms with Crippen molar-refractivity contribution in [3.63, 3.8) is 0 Å². The number of para-hydroxylation sites is 1. The topological polar surface area (TPSA) is 99.3 Å². The van der Waals surface area contributed by atoms with Crippen LogP contribution in [0.2, 0.25) is 0 Å². The number of H-pyrrole nitrogens is 1. The molecule has 2 aromatic rings. The van der Waals surface area contributed by atoms with E-state index in [4.69, 9.17) is 4.74 Å². The van der Waals surface area contributed by atoms with Crippen molar-refractivity contribution in [1.82, 2.24) is 25.5 Å². The lowest BCUT2D eigenvalue weighted by Gasteiger charge is -2.32. The summed E-state index contributed by atoms with van der Waals surface area (Å²) >= 11 is 0. The van der Waals surface area contributed by atoms with Crippen LogP contribution in [-0.4, -0.2) is 52.6 Å². The summed E-state index contributed by atoms with van der Waals surface area (Å²) in [6.07, 6.45) is 2.99. The van der Waals surface area contributed by atoms with Crippen LogP contribution in [0.25, 0.3) is 11.0 Å². The number of nitrogens with one attached hydrogen (secondary N) is 3. The molecule has 2 heterocycles. The van der Waals surface area contributed by atoms with Gasteiger partial charge in [0.2, 0.25) is 5.91 Å². The van der Waals surface area contributed by atoms with Gasteiger partial charge in [0.05, 0.1) is 18.7 Å². The number of imidazole rings is 1.